The molecule has 0 radical (unpaired) electrons. The molecule has 0 heterocycles. The first-order chi connectivity index (χ1) is 13.9. The summed E-state index contributed by atoms with van der Waals surface area (Å²) in [5, 5.41) is 5.01. The zero-order chi connectivity index (χ0) is 21.2. The molecule has 7 nitrogen and oxygen atoms in total. The molecule has 0 fully saturated rings. The molecule has 0 aliphatic carbocycles. The van der Waals surface area contributed by atoms with Gasteiger partial charge in [0.15, 0.2) is 6.61 Å². The van der Waals surface area contributed by atoms with Crippen molar-refractivity contribution in [2.45, 2.75) is 13.3 Å². The van der Waals surface area contributed by atoms with Gasteiger partial charge in [-0.3, -0.25) is 9.59 Å². The SMILES string of the molecule is CCOC(=O)COc1cccc(NC(=O)CCNC(=O)c2ccc(F)cc2F)c1. The summed E-state index contributed by atoms with van der Waals surface area (Å²) in [6.45, 7) is 1.65. The average molecular weight is 406 g/mol. The van der Waals surface area contributed by atoms with E-state index in [2.05, 4.69) is 10.6 Å². The van der Waals surface area contributed by atoms with Gasteiger partial charge in [-0.25, -0.2) is 13.6 Å². The number of nitrogens with one attached hydrogen (secondary N) is 2. The Morgan fingerprint density at radius 2 is 1.86 bits per heavy atom. The molecule has 2 rings (SSSR count). The quantitative estimate of drug-likeness (QED) is 0.625. The highest BCUT2D eigenvalue weighted by molar-refractivity contribution is 5.95. The van der Waals surface area contributed by atoms with Gasteiger partial charge in [0.1, 0.15) is 17.4 Å². The summed E-state index contributed by atoms with van der Waals surface area (Å²) < 4.78 is 36.5. The van der Waals surface area contributed by atoms with Gasteiger partial charge < -0.3 is 20.1 Å². The Labute approximate surface area is 166 Å². The van der Waals surface area contributed by atoms with E-state index in [0.29, 0.717) is 17.5 Å². The van der Waals surface area contributed by atoms with Crippen LogP contribution in [0.25, 0.3) is 0 Å². The number of esters is 1. The summed E-state index contributed by atoms with van der Waals surface area (Å²) in [4.78, 5) is 35.2. The van der Waals surface area contributed by atoms with Crippen LogP contribution in [-0.4, -0.2) is 37.5 Å². The minimum absolute atomic E-state index is 0.0411. The van der Waals surface area contributed by atoms with Gasteiger partial charge in [0.05, 0.1) is 12.2 Å². The van der Waals surface area contributed by atoms with E-state index >= 15 is 0 Å². The number of ether oxygens (including phenoxy) is 2. The van der Waals surface area contributed by atoms with Crippen molar-refractivity contribution in [3.63, 3.8) is 0 Å². The van der Waals surface area contributed by atoms with Crippen molar-refractivity contribution in [2.24, 2.45) is 0 Å². The van der Waals surface area contributed by atoms with E-state index in [0.717, 1.165) is 12.1 Å². The summed E-state index contributed by atoms with van der Waals surface area (Å²) >= 11 is 0. The zero-order valence-electron chi connectivity index (χ0n) is 15.7. The second kappa shape index (κ2) is 10.7. The van der Waals surface area contributed by atoms with E-state index in [-0.39, 0.29) is 31.7 Å². The lowest BCUT2D eigenvalue weighted by molar-refractivity contribution is -0.145. The molecule has 0 atom stereocenters. The van der Waals surface area contributed by atoms with Gasteiger partial charge >= 0.3 is 5.97 Å². The van der Waals surface area contributed by atoms with Gasteiger partial charge in [-0.2, -0.15) is 0 Å². The summed E-state index contributed by atoms with van der Waals surface area (Å²) in [6.07, 6.45) is -0.0670. The van der Waals surface area contributed by atoms with Gasteiger partial charge in [-0.1, -0.05) is 6.07 Å². The van der Waals surface area contributed by atoms with E-state index < -0.39 is 29.4 Å². The van der Waals surface area contributed by atoms with Gasteiger partial charge in [-0.05, 0) is 31.2 Å². The first kappa shape index (κ1) is 21.8. The van der Waals surface area contributed by atoms with Crippen molar-refractivity contribution in [3.8, 4) is 5.75 Å². The fourth-order valence-corrected chi connectivity index (χ4v) is 2.29. The van der Waals surface area contributed by atoms with Crippen molar-refractivity contribution in [2.75, 3.05) is 25.1 Å². The average Bonchev–Trinajstić information content (AvgIpc) is 2.67. The van der Waals surface area contributed by atoms with Crippen LogP contribution in [0.4, 0.5) is 14.5 Å². The lowest BCUT2D eigenvalue weighted by Crippen LogP contribution is -2.28. The van der Waals surface area contributed by atoms with Crippen LogP contribution in [-0.2, 0) is 14.3 Å². The van der Waals surface area contributed by atoms with Crippen LogP contribution in [0.3, 0.4) is 0 Å². The van der Waals surface area contributed by atoms with Crippen LogP contribution in [0.5, 0.6) is 5.75 Å². The number of carbonyl (C=O) groups excluding carboxylic acids is 3. The summed E-state index contributed by atoms with van der Waals surface area (Å²) in [6, 6.07) is 9.02. The third-order valence-electron chi connectivity index (χ3n) is 3.59. The molecule has 0 unspecified atom stereocenters. The van der Waals surface area contributed by atoms with Crippen molar-refractivity contribution >= 4 is 23.5 Å². The van der Waals surface area contributed by atoms with E-state index in [4.69, 9.17) is 9.47 Å². The third-order valence-corrected chi connectivity index (χ3v) is 3.59. The van der Waals surface area contributed by atoms with Crippen LogP contribution in [0.2, 0.25) is 0 Å². The molecular formula is C20H20F2N2O5. The predicted octanol–water partition coefficient (Wildman–Crippen LogP) is 2.67. The molecule has 2 N–H and O–H groups in total. The number of halogens is 2. The molecule has 0 aromatic heterocycles. The number of anilines is 1. The second-order valence-electron chi connectivity index (χ2n) is 5.80. The number of rotatable bonds is 9. The molecule has 0 saturated carbocycles. The van der Waals surface area contributed by atoms with Gasteiger partial charge in [-0.15, -0.1) is 0 Å². The Balaban J connectivity index is 1.79. The molecule has 9 heteroatoms. The van der Waals surface area contributed by atoms with Gasteiger partial charge in [0, 0.05) is 30.8 Å². The molecule has 0 aliphatic rings. The lowest BCUT2D eigenvalue weighted by atomic mass is 10.2. The third kappa shape index (κ3) is 7.21. The van der Waals surface area contributed by atoms with Gasteiger partial charge in [0.25, 0.3) is 5.91 Å². The summed E-state index contributed by atoms with van der Waals surface area (Å²) in [5.74, 6) is -3.04. The smallest absolute Gasteiger partial charge is 0.344 e. The molecular weight excluding hydrogens is 386 g/mol. The molecule has 0 aliphatic heterocycles. The zero-order valence-corrected chi connectivity index (χ0v) is 15.7. The number of carbonyl (C=O) groups is 3. The Morgan fingerprint density at radius 3 is 2.59 bits per heavy atom. The Kier molecular flexibility index (Phi) is 8.08. The van der Waals surface area contributed by atoms with E-state index in [1.165, 1.54) is 6.07 Å². The fraction of sp³-hybridized carbons (Fsp3) is 0.250. The standard InChI is InChI=1S/C20H20F2N2O5/c1-2-28-19(26)12-29-15-5-3-4-14(11-15)24-18(25)8-9-23-20(27)16-7-6-13(21)10-17(16)22/h3-7,10-11H,2,8-9,12H2,1H3,(H,23,27)(H,24,25). The van der Waals surface area contributed by atoms with Crippen molar-refractivity contribution in [3.05, 3.63) is 59.7 Å². The summed E-state index contributed by atoms with van der Waals surface area (Å²) in [5.41, 5.74) is 0.130. The summed E-state index contributed by atoms with van der Waals surface area (Å²) in [7, 11) is 0. The minimum Gasteiger partial charge on any atom is -0.482 e. The highest BCUT2D eigenvalue weighted by Crippen LogP contribution is 2.17. The maximum atomic E-state index is 13.5. The molecule has 2 amide bonds. The van der Waals surface area contributed by atoms with Gasteiger partial charge in [0.2, 0.25) is 5.91 Å². The van der Waals surface area contributed by atoms with Crippen LogP contribution in [0.15, 0.2) is 42.5 Å². The van der Waals surface area contributed by atoms with E-state index in [1.807, 2.05) is 0 Å². The number of amides is 2. The van der Waals surface area contributed by atoms with Crippen LogP contribution in [0.1, 0.15) is 23.7 Å². The topological polar surface area (TPSA) is 93.7 Å². The predicted molar refractivity (Wildman–Crippen MR) is 101 cm³/mol. The van der Waals surface area contributed by atoms with Crippen LogP contribution < -0.4 is 15.4 Å². The van der Waals surface area contributed by atoms with Crippen LogP contribution >= 0.6 is 0 Å². The molecule has 29 heavy (non-hydrogen) atoms. The van der Waals surface area contributed by atoms with Crippen LogP contribution in [0, 0.1) is 11.6 Å². The monoisotopic (exact) mass is 406 g/mol. The Morgan fingerprint density at radius 1 is 1.07 bits per heavy atom. The number of hydrogen-bond donors (Lipinski definition) is 2. The molecule has 154 valence electrons. The van der Waals surface area contributed by atoms with Crippen molar-refractivity contribution < 1.29 is 32.6 Å². The maximum absolute atomic E-state index is 13.5. The Bertz CT molecular complexity index is 889. The first-order valence-electron chi connectivity index (χ1n) is 8.80. The highest BCUT2D eigenvalue weighted by atomic mass is 19.1. The number of benzene rings is 2. The highest BCUT2D eigenvalue weighted by Gasteiger charge is 2.13. The molecule has 2 aromatic rings. The van der Waals surface area contributed by atoms with E-state index in [1.54, 1.807) is 25.1 Å². The van der Waals surface area contributed by atoms with E-state index in [9.17, 15) is 23.2 Å². The van der Waals surface area contributed by atoms with Crippen molar-refractivity contribution in [1.82, 2.24) is 5.32 Å². The maximum Gasteiger partial charge on any atom is 0.344 e. The molecule has 0 saturated heterocycles. The molecule has 0 spiro atoms. The fourth-order valence-electron chi connectivity index (χ4n) is 2.29. The molecule has 2 aromatic carbocycles. The normalized spacial score (nSPS) is 10.2. The lowest BCUT2D eigenvalue weighted by Gasteiger charge is -2.09. The molecule has 0 bridgehead atoms. The van der Waals surface area contributed by atoms with Crippen molar-refractivity contribution in [1.29, 1.82) is 0 Å². The minimum atomic E-state index is -0.980. The number of hydrogen-bond acceptors (Lipinski definition) is 5. The first-order valence-corrected chi connectivity index (χ1v) is 8.80. The Hall–Kier alpha value is -3.49. The largest absolute Gasteiger partial charge is 0.482 e. The second-order valence-corrected chi connectivity index (χ2v) is 5.80.